The van der Waals surface area contributed by atoms with E-state index in [1.54, 1.807) is 17.0 Å². The van der Waals surface area contributed by atoms with E-state index in [4.69, 9.17) is 16.3 Å². The minimum atomic E-state index is -0.563. The van der Waals surface area contributed by atoms with E-state index in [2.05, 4.69) is 12.2 Å². The van der Waals surface area contributed by atoms with Gasteiger partial charge in [0.05, 0.1) is 0 Å². The van der Waals surface area contributed by atoms with Crippen molar-refractivity contribution in [1.29, 1.82) is 0 Å². The van der Waals surface area contributed by atoms with Crippen molar-refractivity contribution < 1.29 is 14.3 Å². The van der Waals surface area contributed by atoms with Crippen molar-refractivity contribution in [1.82, 2.24) is 10.2 Å². The van der Waals surface area contributed by atoms with Crippen LogP contribution in [0.5, 0.6) is 5.75 Å². The van der Waals surface area contributed by atoms with Crippen molar-refractivity contribution in [2.24, 2.45) is 0 Å². The van der Waals surface area contributed by atoms with E-state index in [0.29, 0.717) is 30.3 Å². The number of nitrogens with zero attached hydrogens (tertiary/aromatic N) is 1. The van der Waals surface area contributed by atoms with Crippen LogP contribution in [-0.4, -0.2) is 35.9 Å². The fourth-order valence-electron chi connectivity index (χ4n) is 3.07. The van der Waals surface area contributed by atoms with Crippen molar-refractivity contribution in [2.45, 2.75) is 52.6 Å². The second kappa shape index (κ2) is 12.2. The molecule has 162 valence electrons. The lowest BCUT2D eigenvalue weighted by molar-refractivity contribution is -0.143. The average Bonchev–Trinajstić information content (AvgIpc) is 2.74. The molecule has 2 aromatic carbocycles. The zero-order valence-electron chi connectivity index (χ0n) is 18.0. The molecule has 0 aromatic heterocycles. The Morgan fingerprint density at radius 2 is 1.73 bits per heavy atom. The molecule has 0 unspecified atom stereocenters. The normalized spacial score (nSPS) is 11.6. The number of amides is 2. The van der Waals surface area contributed by atoms with Gasteiger partial charge in [-0.1, -0.05) is 61.7 Å². The summed E-state index contributed by atoms with van der Waals surface area (Å²) >= 11 is 5.99. The first-order valence-corrected chi connectivity index (χ1v) is 10.8. The highest BCUT2D eigenvalue weighted by Gasteiger charge is 2.28. The summed E-state index contributed by atoms with van der Waals surface area (Å²) in [5.41, 5.74) is 2.02. The molecule has 0 bridgehead atoms. The number of aryl methyl sites for hydroxylation is 1. The molecule has 0 aliphatic rings. The largest absolute Gasteiger partial charge is 0.484 e. The molecule has 2 amide bonds. The van der Waals surface area contributed by atoms with Gasteiger partial charge in [-0.05, 0) is 49.6 Å². The third-order valence-corrected chi connectivity index (χ3v) is 5.12. The molecule has 0 spiro atoms. The van der Waals surface area contributed by atoms with Crippen LogP contribution in [0.4, 0.5) is 0 Å². The first kappa shape index (κ1) is 23.7. The van der Waals surface area contributed by atoms with Gasteiger partial charge in [0.15, 0.2) is 6.61 Å². The number of benzene rings is 2. The van der Waals surface area contributed by atoms with Gasteiger partial charge >= 0.3 is 0 Å². The van der Waals surface area contributed by atoms with Crippen molar-refractivity contribution in [3.05, 3.63) is 64.7 Å². The van der Waals surface area contributed by atoms with Gasteiger partial charge in [0, 0.05) is 18.1 Å². The van der Waals surface area contributed by atoms with Gasteiger partial charge in [0.1, 0.15) is 11.8 Å². The fraction of sp³-hybridized carbons (Fsp3) is 0.417. The van der Waals surface area contributed by atoms with Crippen LogP contribution in [0.3, 0.4) is 0 Å². The Kier molecular flexibility index (Phi) is 9.68. The number of unbranched alkanes of at least 4 members (excludes halogenated alkanes) is 1. The molecule has 0 radical (unpaired) electrons. The summed E-state index contributed by atoms with van der Waals surface area (Å²) in [6, 6.07) is 14.3. The standard InChI is InChI=1S/C24H31ClN2O3/c1-4-6-15-26-24(29)22(5-2)27(16-19-9-11-20(25)12-10-19)23(28)17-30-21-13-7-18(3)8-14-21/h7-14,22H,4-6,15-17H2,1-3H3,(H,26,29)/t22-/m0/s1. The molecule has 2 aromatic rings. The lowest BCUT2D eigenvalue weighted by Crippen LogP contribution is -2.50. The zero-order chi connectivity index (χ0) is 21.9. The van der Waals surface area contributed by atoms with Crippen LogP contribution in [0.15, 0.2) is 48.5 Å². The van der Waals surface area contributed by atoms with E-state index in [1.807, 2.05) is 50.2 Å². The molecule has 0 saturated heterocycles. The maximum atomic E-state index is 13.1. The third kappa shape index (κ3) is 7.38. The highest BCUT2D eigenvalue weighted by atomic mass is 35.5. The minimum Gasteiger partial charge on any atom is -0.484 e. The van der Waals surface area contributed by atoms with Crippen molar-refractivity contribution in [3.8, 4) is 5.75 Å². The van der Waals surface area contributed by atoms with Gasteiger partial charge in [0.25, 0.3) is 5.91 Å². The van der Waals surface area contributed by atoms with Crippen LogP contribution in [0.1, 0.15) is 44.2 Å². The van der Waals surface area contributed by atoms with E-state index >= 15 is 0 Å². The summed E-state index contributed by atoms with van der Waals surface area (Å²) in [7, 11) is 0. The van der Waals surface area contributed by atoms with Crippen LogP contribution in [0, 0.1) is 6.92 Å². The van der Waals surface area contributed by atoms with Gasteiger partial charge in [-0.2, -0.15) is 0 Å². The molecule has 30 heavy (non-hydrogen) atoms. The van der Waals surface area contributed by atoms with Crippen LogP contribution in [0.25, 0.3) is 0 Å². The van der Waals surface area contributed by atoms with Crippen LogP contribution in [0.2, 0.25) is 5.02 Å². The van der Waals surface area contributed by atoms with E-state index in [1.165, 1.54) is 0 Å². The molecule has 0 aliphatic carbocycles. The van der Waals surface area contributed by atoms with Gasteiger partial charge in [0.2, 0.25) is 5.91 Å². The molecule has 2 rings (SSSR count). The summed E-state index contributed by atoms with van der Waals surface area (Å²) in [6.07, 6.45) is 2.42. The van der Waals surface area contributed by atoms with Crippen molar-refractivity contribution >= 4 is 23.4 Å². The topological polar surface area (TPSA) is 58.6 Å². The Balaban J connectivity index is 2.15. The van der Waals surface area contributed by atoms with Crippen molar-refractivity contribution in [3.63, 3.8) is 0 Å². The first-order chi connectivity index (χ1) is 14.4. The summed E-state index contributed by atoms with van der Waals surface area (Å²) in [6.45, 7) is 6.76. The van der Waals surface area contributed by atoms with Crippen LogP contribution < -0.4 is 10.1 Å². The number of hydrogen-bond donors (Lipinski definition) is 1. The third-order valence-electron chi connectivity index (χ3n) is 4.86. The molecular weight excluding hydrogens is 400 g/mol. The van der Waals surface area contributed by atoms with Crippen LogP contribution >= 0.6 is 11.6 Å². The SMILES string of the molecule is CCCCNC(=O)[C@H](CC)N(Cc1ccc(Cl)cc1)C(=O)COc1ccc(C)cc1. The number of carbonyl (C=O) groups is 2. The van der Waals surface area contributed by atoms with Gasteiger partial charge in [-0.3, -0.25) is 9.59 Å². The number of carbonyl (C=O) groups excluding carboxylic acids is 2. The highest BCUT2D eigenvalue weighted by molar-refractivity contribution is 6.30. The molecule has 0 aliphatic heterocycles. The Morgan fingerprint density at radius 3 is 2.33 bits per heavy atom. The summed E-state index contributed by atoms with van der Waals surface area (Å²) < 4.78 is 5.69. The molecule has 0 fully saturated rings. The zero-order valence-corrected chi connectivity index (χ0v) is 18.7. The van der Waals surface area contributed by atoms with Gasteiger partial charge in [-0.25, -0.2) is 0 Å². The smallest absolute Gasteiger partial charge is 0.261 e. The number of rotatable bonds is 11. The van der Waals surface area contributed by atoms with Crippen LogP contribution in [-0.2, 0) is 16.1 Å². The van der Waals surface area contributed by atoms with E-state index in [0.717, 1.165) is 24.0 Å². The Morgan fingerprint density at radius 1 is 1.07 bits per heavy atom. The van der Waals surface area contributed by atoms with E-state index in [9.17, 15) is 9.59 Å². The summed E-state index contributed by atoms with van der Waals surface area (Å²) in [4.78, 5) is 27.5. The lowest BCUT2D eigenvalue weighted by Gasteiger charge is -2.30. The molecule has 0 saturated carbocycles. The number of ether oxygens (including phenoxy) is 1. The van der Waals surface area contributed by atoms with Gasteiger partial charge in [-0.15, -0.1) is 0 Å². The number of hydrogen-bond acceptors (Lipinski definition) is 3. The molecule has 6 heteroatoms. The Bertz CT molecular complexity index is 806. The maximum Gasteiger partial charge on any atom is 0.261 e. The number of nitrogens with one attached hydrogen (secondary N) is 1. The monoisotopic (exact) mass is 430 g/mol. The molecule has 5 nitrogen and oxygen atoms in total. The van der Waals surface area contributed by atoms with E-state index < -0.39 is 6.04 Å². The molecule has 1 atom stereocenters. The minimum absolute atomic E-state index is 0.130. The highest BCUT2D eigenvalue weighted by Crippen LogP contribution is 2.17. The predicted octanol–water partition coefficient (Wildman–Crippen LogP) is 4.75. The maximum absolute atomic E-state index is 13.1. The second-order valence-corrected chi connectivity index (χ2v) is 7.75. The average molecular weight is 431 g/mol. The summed E-state index contributed by atoms with van der Waals surface area (Å²) in [5.74, 6) is 0.257. The fourth-order valence-corrected chi connectivity index (χ4v) is 3.20. The quantitative estimate of drug-likeness (QED) is 0.523. The summed E-state index contributed by atoms with van der Waals surface area (Å²) in [5, 5.41) is 3.58. The number of halogens is 1. The first-order valence-electron chi connectivity index (χ1n) is 10.5. The lowest BCUT2D eigenvalue weighted by atomic mass is 10.1. The molecule has 0 heterocycles. The van der Waals surface area contributed by atoms with Crippen molar-refractivity contribution in [2.75, 3.05) is 13.2 Å². The molecular formula is C24H31ClN2O3. The molecule has 1 N–H and O–H groups in total. The van der Waals surface area contributed by atoms with E-state index in [-0.39, 0.29) is 18.4 Å². The Labute approximate surface area is 184 Å². The predicted molar refractivity (Wildman–Crippen MR) is 121 cm³/mol. The van der Waals surface area contributed by atoms with Gasteiger partial charge < -0.3 is 15.0 Å². The Hall–Kier alpha value is -2.53. The second-order valence-electron chi connectivity index (χ2n) is 7.32.